The summed E-state index contributed by atoms with van der Waals surface area (Å²) in [6, 6.07) is 0. The summed E-state index contributed by atoms with van der Waals surface area (Å²) in [4.78, 5) is 11.1. The zero-order valence-electron chi connectivity index (χ0n) is 10.9. The Hall–Kier alpha value is -0.530. The van der Waals surface area contributed by atoms with Gasteiger partial charge in [-0.05, 0) is 27.7 Å². The summed E-state index contributed by atoms with van der Waals surface area (Å²) >= 11 is 0. The van der Waals surface area contributed by atoms with Gasteiger partial charge in [-0.2, -0.15) is 0 Å². The molecule has 18 heavy (non-hydrogen) atoms. The second kappa shape index (κ2) is 3.74. The van der Waals surface area contributed by atoms with E-state index in [4.69, 9.17) is 23.7 Å². The van der Waals surface area contributed by atoms with Crippen LogP contribution in [0.3, 0.4) is 0 Å². The maximum Gasteiger partial charge on any atom is 0.190 e. The Morgan fingerprint density at radius 3 is 2.06 bits per heavy atom. The van der Waals surface area contributed by atoms with E-state index in [1.54, 1.807) is 13.8 Å². The molecule has 0 bridgehead atoms. The molecule has 3 fully saturated rings. The third-order valence-electron chi connectivity index (χ3n) is 3.32. The van der Waals surface area contributed by atoms with Crippen LogP contribution < -0.4 is 0 Å². The molecule has 102 valence electrons. The molecular formula is C12H18O6. The fraction of sp³-hybridized carbons (Fsp3) is 0.917. The number of carbonyl (C=O) groups excluding carboxylic acids is 1. The molecule has 0 spiro atoms. The Kier molecular flexibility index (Phi) is 2.60. The number of ether oxygens (including phenoxy) is 5. The molecule has 6 heteroatoms. The van der Waals surface area contributed by atoms with Gasteiger partial charge in [0.2, 0.25) is 0 Å². The van der Waals surface area contributed by atoms with Crippen LogP contribution in [0.2, 0.25) is 0 Å². The number of hydrogen-bond donors (Lipinski definition) is 0. The first-order valence-corrected chi connectivity index (χ1v) is 6.13. The van der Waals surface area contributed by atoms with E-state index in [9.17, 15) is 4.79 Å². The topological polar surface area (TPSA) is 63.2 Å². The summed E-state index contributed by atoms with van der Waals surface area (Å²) in [6.07, 6.45) is -1.72. The molecule has 3 saturated heterocycles. The largest absolute Gasteiger partial charge is 0.342 e. The Balaban J connectivity index is 1.89. The molecule has 3 aliphatic heterocycles. The van der Waals surface area contributed by atoms with Crippen LogP contribution in [0.5, 0.6) is 0 Å². The number of aldehydes is 1. The highest BCUT2D eigenvalue weighted by Gasteiger charge is 2.60. The molecule has 3 rings (SSSR count). The van der Waals surface area contributed by atoms with E-state index in [-0.39, 0.29) is 12.2 Å². The molecule has 0 radical (unpaired) electrons. The van der Waals surface area contributed by atoms with Gasteiger partial charge in [0, 0.05) is 0 Å². The summed E-state index contributed by atoms with van der Waals surface area (Å²) in [5.74, 6) is -1.49. The van der Waals surface area contributed by atoms with Crippen LogP contribution in [0.25, 0.3) is 0 Å². The van der Waals surface area contributed by atoms with E-state index in [2.05, 4.69) is 0 Å². The molecule has 0 saturated carbocycles. The molecule has 1 unspecified atom stereocenters. The van der Waals surface area contributed by atoms with Gasteiger partial charge in [0.1, 0.15) is 24.4 Å². The van der Waals surface area contributed by atoms with E-state index in [1.165, 1.54) is 0 Å². The quantitative estimate of drug-likeness (QED) is 0.641. The summed E-state index contributed by atoms with van der Waals surface area (Å²) in [5, 5.41) is 0. The molecular weight excluding hydrogens is 240 g/mol. The van der Waals surface area contributed by atoms with Crippen LogP contribution in [0, 0.1) is 0 Å². The van der Waals surface area contributed by atoms with Crippen LogP contribution >= 0.6 is 0 Å². The van der Waals surface area contributed by atoms with Gasteiger partial charge in [-0.3, -0.25) is 0 Å². The van der Waals surface area contributed by atoms with Gasteiger partial charge in [-0.15, -0.1) is 0 Å². The smallest absolute Gasteiger partial charge is 0.190 e. The van der Waals surface area contributed by atoms with Crippen molar-refractivity contribution < 1.29 is 28.5 Å². The van der Waals surface area contributed by atoms with Gasteiger partial charge < -0.3 is 28.5 Å². The van der Waals surface area contributed by atoms with Crippen molar-refractivity contribution in [2.45, 2.75) is 70.0 Å². The predicted molar refractivity (Wildman–Crippen MR) is 58.6 cm³/mol. The van der Waals surface area contributed by atoms with Crippen molar-refractivity contribution >= 4 is 6.29 Å². The lowest BCUT2D eigenvalue weighted by Crippen LogP contribution is -2.55. The van der Waals surface area contributed by atoms with E-state index in [0.29, 0.717) is 0 Å². The highest BCUT2D eigenvalue weighted by Crippen LogP contribution is 2.43. The Labute approximate surface area is 105 Å². The van der Waals surface area contributed by atoms with Crippen molar-refractivity contribution in [3.05, 3.63) is 0 Å². The summed E-state index contributed by atoms with van der Waals surface area (Å²) in [6.45, 7) is 7.23. The minimum absolute atomic E-state index is 0.351. The van der Waals surface area contributed by atoms with Crippen LogP contribution in [0.4, 0.5) is 0 Å². The lowest BCUT2D eigenvalue weighted by Gasteiger charge is -2.34. The first kappa shape index (κ1) is 12.5. The van der Waals surface area contributed by atoms with Crippen molar-refractivity contribution in [2.24, 2.45) is 0 Å². The first-order chi connectivity index (χ1) is 8.31. The summed E-state index contributed by atoms with van der Waals surface area (Å²) < 4.78 is 28.5. The van der Waals surface area contributed by atoms with Crippen molar-refractivity contribution in [1.82, 2.24) is 0 Å². The Bertz CT molecular complexity index is 366. The molecule has 0 aromatic carbocycles. The van der Waals surface area contributed by atoms with Gasteiger partial charge in [0.25, 0.3) is 0 Å². The zero-order chi connectivity index (χ0) is 13.1. The number of rotatable bonds is 1. The average molecular weight is 258 g/mol. The monoisotopic (exact) mass is 258 g/mol. The lowest BCUT2D eigenvalue weighted by atomic mass is 10.00. The minimum atomic E-state index is -0.745. The van der Waals surface area contributed by atoms with Gasteiger partial charge in [-0.1, -0.05) is 0 Å². The molecule has 0 aromatic rings. The normalized spacial score (nSPS) is 48.6. The zero-order valence-corrected chi connectivity index (χ0v) is 10.9. The third-order valence-corrected chi connectivity index (χ3v) is 3.32. The average Bonchev–Trinajstić information content (AvgIpc) is 2.71. The van der Waals surface area contributed by atoms with Gasteiger partial charge in [0.05, 0.1) is 0 Å². The highest BCUT2D eigenvalue weighted by atomic mass is 16.9. The lowest BCUT2D eigenvalue weighted by molar-refractivity contribution is -0.226. The molecule has 3 aliphatic rings. The van der Waals surface area contributed by atoms with Crippen LogP contribution in [0.15, 0.2) is 0 Å². The van der Waals surface area contributed by atoms with Gasteiger partial charge in [-0.25, -0.2) is 0 Å². The maximum absolute atomic E-state index is 11.1. The molecule has 6 nitrogen and oxygen atoms in total. The molecule has 3 heterocycles. The number of carbonyl (C=O) groups is 1. The van der Waals surface area contributed by atoms with Crippen LogP contribution in [0.1, 0.15) is 27.7 Å². The SMILES string of the molecule is CC1(C)O[C@@H]2[C@H](O1)[C@H]1OC(C)(C)OC1O[C@@H]2C=O. The molecule has 0 aromatic heterocycles. The first-order valence-electron chi connectivity index (χ1n) is 6.13. The molecule has 5 atom stereocenters. The summed E-state index contributed by atoms with van der Waals surface area (Å²) in [7, 11) is 0. The minimum Gasteiger partial charge on any atom is -0.342 e. The predicted octanol–water partition coefficient (Wildman–Crippen LogP) is 0.582. The van der Waals surface area contributed by atoms with Crippen LogP contribution in [-0.2, 0) is 28.5 Å². The van der Waals surface area contributed by atoms with E-state index in [0.717, 1.165) is 6.29 Å². The van der Waals surface area contributed by atoms with Crippen LogP contribution in [-0.4, -0.2) is 48.6 Å². The molecule has 0 N–H and O–H groups in total. The van der Waals surface area contributed by atoms with Crippen molar-refractivity contribution in [2.75, 3.05) is 0 Å². The third kappa shape index (κ3) is 1.88. The van der Waals surface area contributed by atoms with Gasteiger partial charge >= 0.3 is 0 Å². The standard InChI is InChI=1S/C12H18O6/c1-11(2)15-7-6(5-13)14-10-9(8(7)16-11)17-12(3,4)18-10/h5-10H,1-4H3/t6-,7+,8+,9-,10?/m1/s1. The van der Waals surface area contributed by atoms with E-state index < -0.39 is 30.1 Å². The molecule has 0 amide bonds. The maximum atomic E-state index is 11.1. The summed E-state index contributed by atoms with van der Waals surface area (Å²) in [5.41, 5.74) is 0. The second-order valence-electron chi connectivity index (χ2n) is 5.77. The Morgan fingerprint density at radius 1 is 0.833 bits per heavy atom. The van der Waals surface area contributed by atoms with Crippen molar-refractivity contribution in [3.63, 3.8) is 0 Å². The van der Waals surface area contributed by atoms with Crippen molar-refractivity contribution in [1.29, 1.82) is 0 Å². The van der Waals surface area contributed by atoms with E-state index in [1.807, 2.05) is 13.8 Å². The highest BCUT2D eigenvalue weighted by molar-refractivity contribution is 5.58. The fourth-order valence-corrected chi connectivity index (χ4v) is 2.75. The number of hydrogen-bond acceptors (Lipinski definition) is 6. The second-order valence-corrected chi connectivity index (χ2v) is 5.77. The van der Waals surface area contributed by atoms with Crippen molar-refractivity contribution in [3.8, 4) is 0 Å². The number of fused-ring (bicyclic) bond motifs is 3. The van der Waals surface area contributed by atoms with Gasteiger partial charge in [0.15, 0.2) is 24.2 Å². The Morgan fingerprint density at radius 2 is 1.39 bits per heavy atom. The molecule has 0 aliphatic carbocycles. The van der Waals surface area contributed by atoms with E-state index >= 15 is 0 Å². The fourth-order valence-electron chi connectivity index (χ4n) is 2.75.